The van der Waals surface area contributed by atoms with Crippen molar-refractivity contribution in [1.82, 2.24) is 29.4 Å². The van der Waals surface area contributed by atoms with Crippen molar-refractivity contribution in [2.45, 2.75) is 63.4 Å². The molecule has 16 nitrogen and oxygen atoms in total. The van der Waals surface area contributed by atoms with Crippen molar-refractivity contribution in [1.29, 1.82) is 0 Å². The molecule has 1 aliphatic carbocycles. The number of carbonyl (C=O) groups is 1. The highest BCUT2D eigenvalue weighted by Gasteiger charge is 2.37. The van der Waals surface area contributed by atoms with E-state index in [4.69, 9.17) is 25.8 Å². The SMILES string of the molecule is C[C@@H]1CN(C[C@@H]2COc3cc(S(=O)(=O)NC(=O)c4ccc(N5CCN(CC6=C(c7ccc(Cl)cc7)CCC(C)(C)C6)CC5)cc4Oc4cnc5[nH]ccc5c4)cc([N+](=O)[O-])c3C2)CCN1C1COC1. The summed E-state index contributed by atoms with van der Waals surface area (Å²) in [6.45, 7) is 16.0. The number of aromatic amines is 1. The van der Waals surface area contributed by atoms with Crippen LogP contribution in [-0.2, 0) is 21.2 Å². The number of hydrogen-bond acceptors (Lipinski definition) is 13. The van der Waals surface area contributed by atoms with Crippen LogP contribution in [0.15, 0.2) is 89.6 Å². The maximum Gasteiger partial charge on any atom is 0.277 e. The monoisotopic (exact) mass is 978 g/mol. The molecule has 3 saturated heterocycles. The predicted octanol–water partition coefficient (Wildman–Crippen LogP) is 7.78. The highest BCUT2D eigenvalue weighted by molar-refractivity contribution is 7.90. The van der Waals surface area contributed by atoms with E-state index in [0.717, 1.165) is 107 Å². The number of nitro benzene ring substituents is 1. The highest BCUT2D eigenvalue weighted by Crippen LogP contribution is 2.43. The number of fused-ring (bicyclic) bond motifs is 2. The molecule has 364 valence electrons. The molecular weight excluding hydrogens is 920 g/mol. The molecule has 5 aromatic rings. The van der Waals surface area contributed by atoms with Crippen LogP contribution >= 0.6 is 11.6 Å². The summed E-state index contributed by atoms with van der Waals surface area (Å²) in [5.74, 6) is -0.386. The van der Waals surface area contributed by atoms with Crippen LogP contribution in [0, 0.1) is 21.4 Å². The van der Waals surface area contributed by atoms with Crippen molar-refractivity contribution < 1.29 is 32.3 Å². The van der Waals surface area contributed by atoms with Crippen molar-refractivity contribution >= 4 is 55.5 Å². The van der Waals surface area contributed by atoms with E-state index < -0.39 is 25.7 Å². The third kappa shape index (κ3) is 10.4. The molecule has 2 aromatic heterocycles. The van der Waals surface area contributed by atoms with Crippen molar-refractivity contribution in [3.63, 3.8) is 0 Å². The van der Waals surface area contributed by atoms with Gasteiger partial charge in [0.2, 0.25) is 0 Å². The standard InChI is InChI=1S/C51H59ClN8O8S/c1-33-27-57(16-19-59(33)40-31-66-32-40)28-34-20-45-46(60(62)63)23-42(24-47(45)67-30-34)69(64,65)55-50(61)44-9-8-39(22-48(44)68-41-21-36-11-13-53-49(36)54-26-41)58-17-14-56(15-18-58)29-37-25-51(2,3)12-10-43(37)35-4-6-38(52)7-5-35/h4-9,11,13,21-24,26,33-34,40H,10,12,14-20,25,27-32H2,1-3H3,(H,53,54)(H,55,61)/t33-,34-/m1/s1. The van der Waals surface area contributed by atoms with Crippen LogP contribution in [-0.4, -0.2) is 135 Å². The number of amides is 1. The minimum Gasteiger partial charge on any atom is -0.493 e. The van der Waals surface area contributed by atoms with Crippen LogP contribution < -0.4 is 19.1 Å². The smallest absolute Gasteiger partial charge is 0.277 e. The average molecular weight is 980 g/mol. The summed E-state index contributed by atoms with van der Waals surface area (Å²) in [6, 6.07) is 20.0. The number of halogens is 1. The molecule has 0 radical (unpaired) electrons. The Morgan fingerprint density at radius 2 is 1.78 bits per heavy atom. The number of allylic oxidation sites excluding steroid dienone is 1. The number of piperazine rings is 2. The number of hydrogen-bond donors (Lipinski definition) is 2. The molecule has 0 spiro atoms. The molecule has 1 amide bonds. The fraction of sp³-hybridized carbons (Fsp3) is 0.451. The molecule has 5 aliphatic rings. The zero-order valence-electron chi connectivity index (χ0n) is 39.3. The van der Waals surface area contributed by atoms with Crippen molar-refractivity contribution in [2.75, 3.05) is 83.6 Å². The van der Waals surface area contributed by atoms with Gasteiger partial charge in [-0.15, -0.1) is 0 Å². The second kappa shape index (κ2) is 19.3. The number of rotatable bonds is 13. The number of nitro groups is 1. The fourth-order valence-corrected chi connectivity index (χ4v) is 11.9. The van der Waals surface area contributed by atoms with Crippen molar-refractivity contribution in [3.8, 4) is 17.2 Å². The molecule has 10 rings (SSSR count). The topological polar surface area (TPSA) is 176 Å². The third-order valence-corrected chi connectivity index (χ3v) is 16.1. The van der Waals surface area contributed by atoms with E-state index in [1.807, 2.05) is 18.2 Å². The summed E-state index contributed by atoms with van der Waals surface area (Å²) < 4.78 is 48.2. The quantitative estimate of drug-likeness (QED) is 0.0866. The molecule has 0 bridgehead atoms. The van der Waals surface area contributed by atoms with Gasteiger partial charge in [-0.1, -0.05) is 43.2 Å². The zero-order valence-corrected chi connectivity index (χ0v) is 40.9. The number of nitrogens with one attached hydrogen (secondary N) is 2. The van der Waals surface area contributed by atoms with E-state index in [0.29, 0.717) is 42.0 Å². The lowest BCUT2D eigenvalue weighted by molar-refractivity contribution is -0.386. The van der Waals surface area contributed by atoms with Gasteiger partial charge in [0.1, 0.15) is 22.9 Å². The number of benzene rings is 3. The molecule has 0 unspecified atom stereocenters. The van der Waals surface area contributed by atoms with Crippen LogP contribution in [0.4, 0.5) is 11.4 Å². The van der Waals surface area contributed by atoms with Gasteiger partial charge in [-0.25, -0.2) is 18.1 Å². The molecule has 4 aliphatic heterocycles. The van der Waals surface area contributed by atoms with Gasteiger partial charge in [-0.3, -0.25) is 24.7 Å². The first kappa shape index (κ1) is 47.1. The summed E-state index contributed by atoms with van der Waals surface area (Å²) in [6.07, 6.45) is 6.84. The van der Waals surface area contributed by atoms with Crippen LogP contribution in [0.1, 0.15) is 61.5 Å². The van der Waals surface area contributed by atoms with Gasteiger partial charge in [0.15, 0.2) is 0 Å². The first-order valence-electron chi connectivity index (χ1n) is 23.9. The Hall–Kier alpha value is -5.56. The number of nitrogens with zero attached hydrogens (tertiary/aromatic N) is 6. The van der Waals surface area contributed by atoms with Crippen molar-refractivity contribution in [2.24, 2.45) is 11.3 Å². The second-order valence-corrected chi connectivity index (χ2v) is 22.2. The number of anilines is 1. The van der Waals surface area contributed by atoms with E-state index in [2.05, 4.69) is 67.2 Å². The van der Waals surface area contributed by atoms with E-state index in [1.54, 1.807) is 30.5 Å². The van der Waals surface area contributed by atoms with Crippen LogP contribution in [0.5, 0.6) is 17.2 Å². The van der Waals surface area contributed by atoms with Gasteiger partial charge >= 0.3 is 0 Å². The Balaban J connectivity index is 0.852. The Labute approximate surface area is 407 Å². The van der Waals surface area contributed by atoms with E-state index in [1.165, 1.54) is 29.0 Å². The summed E-state index contributed by atoms with van der Waals surface area (Å²) in [7, 11) is -4.64. The van der Waals surface area contributed by atoms with Gasteiger partial charge in [-0.2, -0.15) is 0 Å². The zero-order chi connectivity index (χ0) is 48.0. The highest BCUT2D eigenvalue weighted by atomic mass is 35.5. The van der Waals surface area contributed by atoms with Gasteiger partial charge < -0.3 is 29.0 Å². The molecule has 3 aromatic carbocycles. The Morgan fingerprint density at radius 3 is 2.52 bits per heavy atom. The van der Waals surface area contributed by atoms with Gasteiger partial charge in [0.25, 0.3) is 21.6 Å². The molecule has 69 heavy (non-hydrogen) atoms. The van der Waals surface area contributed by atoms with Crippen LogP contribution in [0.3, 0.4) is 0 Å². The summed E-state index contributed by atoms with van der Waals surface area (Å²) >= 11 is 6.25. The Morgan fingerprint density at radius 1 is 1.00 bits per heavy atom. The second-order valence-electron chi connectivity index (χ2n) is 20.1. The molecule has 0 saturated carbocycles. The van der Waals surface area contributed by atoms with Gasteiger partial charge in [0.05, 0.1) is 53.0 Å². The number of H-pyrrole nitrogens is 1. The molecule has 18 heteroatoms. The van der Waals surface area contributed by atoms with Crippen molar-refractivity contribution in [3.05, 3.63) is 117 Å². The van der Waals surface area contributed by atoms with E-state index >= 15 is 0 Å². The lowest BCUT2D eigenvalue weighted by Gasteiger charge is -2.47. The maximum atomic E-state index is 14.2. The van der Waals surface area contributed by atoms with E-state index in [9.17, 15) is 23.3 Å². The third-order valence-electron chi connectivity index (χ3n) is 14.6. The number of pyridine rings is 1. The average Bonchev–Trinajstić information content (AvgIpc) is 3.77. The first-order chi connectivity index (χ1) is 33.1. The minimum absolute atomic E-state index is 0.0247. The molecule has 6 heterocycles. The number of aromatic nitrogens is 2. The summed E-state index contributed by atoms with van der Waals surface area (Å²) in [5, 5.41) is 14.0. The first-order valence-corrected chi connectivity index (χ1v) is 25.8. The number of carbonyl (C=O) groups excluding carboxylic acids is 1. The van der Waals surface area contributed by atoms with E-state index in [-0.39, 0.29) is 40.7 Å². The maximum absolute atomic E-state index is 14.2. The molecule has 2 atom stereocenters. The Bertz CT molecular complexity index is 2900. The number of sulfonamides is 1. The molecule has 3 fully saturated rings. The van der Waals surface area contributed by atoms with Crippen LogP contribution in [0.25, 0.3) is 16.6 Å². The molecular formula is C51H59ClN8O8S. The lowest BCUT2D eigenvalue weighted by atomic mass is 9.73. The fourth-order valence-electron chi connectivity index (χ4n) is 10.8. The normalized spacial score (nSPS) is 21.7. The number of ether oxygens (including phenoxy) is 3. The summed E-state index contributed by atoms with van der Waals surface area (Å²) in [5.41, 5.74) is 5.73. The summed E-state index contributed by atoms with van der Waals surface area (Å²) in [4.78, 5) is 42.8. The van der Waals surface area contributed by atoms with Crippen LogP contribution in [0.2, 0.25) is 5.02 Å². The molecule has 2 N–H and O–H groups in total. The van der Waals surface area contributed by atoms with Gasteiger partial charge in [-0.05, 0) is 85.6 Å². The largest absolute Gasteiger partial charge is 0.493 e. The minimum atomic E-state index is -4.64. The van der Waals surface area contributed by atoms with Gasteiger partial charge in [0, 0.05) is 111 Å². The Kier molecular flexibility index (Phi) is 13.2. The lowest BCUT2D eigenvalue weighted by Crippen LogP contribution is -2.61. The predicted molar refractivity (Wildman–Crippen MR) is 265 cm³/mol.